The van der Waals surface area contributed by atoms with Crippen LogP contribution in [0.15, 0.2) is 48.5 Å². The summed E-state index contributed by atoms with van der Waals surface area (Å²) in [5.74, 6) is -3.37. The van der Waals surface area contributed by atoms with Crippen molar-refractivity contribution in [1.29, 1.82) is 0 Å². The molecule has 2 N–H and O–H groups in total. The summed E-state index contributed by atoms with van der Waals surface area (Å²) in [4.78, 5) is 35.2. The number of ether oxygens (including phenoxy) is 1. The molecule has 0 aliphatic rings. The van der Waals surface area contributed by atoms with E-state index < -0.39 is 53.4 Å². The van der Waals surface area contributed by atoms with Gasteiger partial charge in [0.2, 0.25) is 0 Å². The molecule has 0 unspecified atom stereocenters. The van der Waals surface area contributed by atoms with Gasteiger partial charge in [-0.25, -0.2) is 4.79 Å². The summed E-state index contributed by atoms with van der Waals surface area (Å²) in [5, 5.41) is 0. The number of halogens is 6. The summed E-state index contributed by atoms with van der Waals surface area (Å²) in [5.41, 5.74) is -0.384. The minimum Gasteiger partial charge on any atom is -0.452 e. The standard InChI is InChI=1S/C18H12F6N2O4/c19-17(20,21)12-6-11(7-13(8-12)18(22,23)24)16(29)30-9-14(27)25-26-15(28)10-4-2-1-3-5-10/h1-8H,9H2,(H,25,27)(H,26,28). The van der Waals surface area contributed by atoms with E-state index in [2.05, 4.69) is 4.74 Å². The van der Waals surface area contributed by atoms with Crippen molar-refractivity contribution in [1.82, 2.24) is 10.9 Å². The summed E-state index contributed by atoms with van der Waals surface area (Å²) in [7, 11) is 0. The van der Waals surface area contributed by atoms with Gasteiger partial charge in [0.25, 0.3) is 11.8 Å². The van der Waals surface area contributed by atoms with Crippen molar-refractivity contribution in [2.75, 3.05) is 6.61 Å². The third-order valence-corrected chi connectivity index (χ3v) is 3.51. The van der Waals surface area contributed by atoms with E-state index in [1.165, 1.54) is 12.1 Å². The van der Waals surface area contributed by atoms with Crippen molar-refractivity contribution in [2.45, 2.75) is 12.4 Å². The molecule has 2 aromatic rings. The lowest BCUT2D eigenvalue weighted by Crippen LogP contribution is -2.43. The Morgan fingerprint density at radius 1 is 0.767 bits per heavy atom. The van der Waals surface area contributed by atoms with E-state index >= 15 is 0 Å². The predicted molar refractivity (Wildman–Crippen MR) is 88.8 cm³/mol. The normalized spacial score (nSPS) is 11.5. The molecule has 30 heavy (non-hydrogen) atoms. The van der Waals surface area contributed by atoms with Gasteiger partial charge in [0, 0.05) is 5.56 Å². The van der Waals surface area contributed by atoms with E-state index in [9.17, 15) is 40.7 Å². The molecule has 0 aliphatic carbocycles. The maximum absolute atomic E-state index is 12.8. The van der Waals surface area contributed by atoms with Crippen molar-refractivity contribution in [2.24, 2.45) is 0 Å². The molecule has 6 nitrogen and oxygen atoms in total. The van der Waals surface area contributed by atoms with Crippen LogP contribution in [0.3, 0.4) is 0 Å². The highest BCUT2D eigenvalue weighted by atomic mass is 19.4. The molecular weight excluding hydrogens is 422 g/mol. The highest BCUT2D eigenvalue weighted by Gasteiger charge is 2.37. The Morgan fingerprint density at radius 2 is 1.30 bits per heavy atom. The predicted octanol–water partition coefficient (Wildman–Crippen LogP) is 3.34. The van der Waals surface area contributed by atoms with Crippen LogP contribution >= 0.6 is 0 Å². The van der Waals surface area contributed by atoms with E-state index in [1.54, 1.807) is 18.2 Å². The number of carbonyl (C=O) groups is 3. The Bertz CT molecular complexity index is 910. The SMILES string of the molecule is O=C(COC(=O)c1cc(C(F)(F)F)cc(C(F)(F)F)c1)NNC(=O)c1ccccc1. The number of hydrazine groups is 1. The van der Waals surface area contributed by atoms with Crippen LogP contribution < -0.4 is 10.9 Å². The minimum atomic E-state index is -5.14. The first-order valence-corrected chi connectivity index (χ1v) is 7.99. The van der Waals surface area contributed by atoms with Crippen LogP contribution in [0.5, 0.6) is 0 Å². The van der Waals surface area contributed by atoms with E-state index in [0.717, 1.165) is 0 Å². The Morgan fingerprint density at radius 3 is 1.80 bits per heavy atom. The van der Waals surface area contributed by atoms with Crippen molar-refractivity contribution in [3.8, 4) is 0 Å². The second-order valence-electron chi connectivity index (χ2n) is 5.74. The molecule has 2 aromatic carbocycles. The van der Waals surface area contributed by atoms with E-state index in [1.807, 2.05) is 10.9 Å². The first-order chi connectivity index (χ1) is 13.9. The van der Waals surface area contributed by atoms with Gasteiger partial charge in [-0.3, -0.25) is 20.4 Å². The largest absolute Gasteiger partial charge is 0.452 e. The van der Waals surface area contributed by atoms with Crippen molar-refractivity contribution in [3.63, 3.8) is 0 Å². The summed E-state index contributed by atoms with van der Waals surface area (Å²) < 4.78 is 81.3. The van der Waals surface area contributed by atoms with Crippen LogP contribution in [0, 0.1) is 0 Å². The van der Waals surface area contributed by atoms with E-state index in [0.29, 0.717) is 0 Å². The maximum atomic E-state index is 12.8. The van der Waals surface area contributed by atoms with Gasteiger partial charge in [-0.05, 0) is 30.3 Å². The fourth-order valence-electron chi connectivity index (χ4n) is 2.11. The minimum absolute atomic E-state index is 0.150. The molecule has 160 valence electrons. The lowest BCUT2D eigenvalue weighted by molar-refractivity contribution is -0.143. The van der Waals surface area contributed by atoms with Crippen LogP contribution in [0.25, 0.3) is 0 Å². The Balaban J connectivity index is 2.01. The van der Waals surface area contributed by atoms with Crippen LogP contribution in [-0.4, -0.2) is 24.4 Å². The molecule has 0 saturated carbocycles. The van der Waals surface area contributed by atoms with E-state index in [4.69, 9.17) is 0 Å². The number of nitrogens with one attached hydrogen (secondary N) is 2. The second-order valence-corrected chi connectivity index (χ2v) is 5.74. The Hall–Kier alpha value is -3.57. The van der Waals surface area contributed by atoms with Gasteiger partial charge in [0.05, 0.1) is 16.7 Å². The monoisotopic (exact) mass is 434 g/mol. The molecule has 12 heteroatoms. The third kappa shape index (κ3) is 6.22. The average Bonchev–Trinajstić information content (AvgIpc) is 2.69. The van der Waals surface area contributed by atoms with Gasteiger partial charge in [0.15, 0.2) is 6.61 Å². The summed E-state index contributed by atoms with van der Waals surface area (Å²) in [6, 6.07) is 7.83. The molecular formula is C18H12F6N2O4. The highest BCUT2D eigenvalue weighted by molar-refractivity contribution is 5.96. The Kier molecular flexibility index (Phi) is 6.70. The molecule has 0 atom stereocenters. The smallest absolute Gasteiger partial charge is 0.416 e. The number of rotatable bonds is 4. The topological polar surface area (TPSA) is 84.5 Å². The first-order valence-electron chi connectivity index (χ1n) is 7.99. The van der Waals surface area contributed by atoms with Gasteiger partial charge in [0.1, 0.15) is 0 Å². The lowest BCUT2D eigenvalue weighted by atomic mass is 10.0. The molecule has 2 rings (SSSR count). The molecule has 0 aromatic heterocycles. The fraction of sp³-hybridized carbons (Fsp3) is 0.167. The Labute approximate surface area is 164 Å². The zero-order chi connectivity index (χ0) is 22.5. The molecule has 2 amide bonds. The van der Waals surface area contributed by atoms with Crippen LogP contribution in [0.2, 0.25) is 0 Å². The zero-order valence-electron chi connectivity index (χ0n) is 14.7. The third-order valence-electron chi connectivity index (χ3n) is 3.51. The van der Waals surface area contributed by atoms with Crippen LogP contribution in [-0.2, 0) is 21.9 Å². The van der Waals surface area contributed by atoms with Crippen molar-refractivity contribution < 1.29 is 45.5 Å². The van der Waals surface area contributed by atoms with Gasteiger partial charge in [-0.1, -0.05) is 18.2 Å². The number of amides is 2. The number of carbonyl (C=O) groups excluding carboxylic acids is 3. The number of benzene rings is 2. The maximum Gasteiger partial charge on any atom is 0.416 e. The van der Waals surface area contributed by atoms with Crippen molar-refractivity contribution in [3.05, 3.63) is 70.8 Å². The number of alkyl halides is 6. The van der Waals surface area contributed by atoms with Crippen molar-refractivity contribution >= 4 is 17.8 Å². The molecule has 0 heterocycles. The van der Waals surface area contributed by atoms with Gasteiger partial charge in [-0.2, -0.15) is 26.3 Å². The summed E-state index contributed by atoms with van der Waals surface area (Å²) in [6.45, 7) is -1.06. The van der Waals surface area contributed by atoms with Gasteiger partial charge in [-0.15, -0.1) is 0 Å². The molecule has 0 aliphatic heterocycles. The van der Waals surface area contributed by atoms with Crippen LogP contribution in [0.1, 0.15) is 31.8 Å². The number of hydrogen-bond acceptors (Lipinski definition) is 4. The molecule has 0 fully saturated rings. The van der Waals surface area contributed by atoms with Gasteiger partial charge >= 0.3 is 18.3 Å². The molecule has 0 bridgehead atoms. The number of esters is 1. The first kappa shape index (κ1) is 22.7. The van der Waals surface area contributed by atoms with Gasteiger partial charge < -0.3 is 4.74 Å². The zero-order valence-corrected chi connectivity index (χ0v) is 14.7. The highest BCUT2D eigenvalue weighted by Crippen LogP contribution is 2.36. The molecule has 0 saturated heterocycles. The molecule has 0 spiro atoms. The van der Waals surface area contributed by atoms with E-state index in [-0.39, 0.29) is 23.8 Å². The molecule has 0 radical (unpaired) electrons. The average molecular weight is 434 g/mol. The fourth-order valence-corrected chi connectivity index (χ4v) is 2.11. The lowest BCUT2D eigenvalue weighted by Gasteiger charge is -2.14. The number of hydrogen-bond donors (Lipinski definition) is 2. The summed E-state index contributed by atoms with van der Waals surface area (Å²) in [6.07, 6.45) is -10.3. The summed E-state index contributed by atoms with van der Waals surface area (Å²) >= 11 is 0. The van der Waals surface area contributed by atoms with Crippen LogP contribution in [0.4, 0.5) is 26.3 Å². The second kappa shape index (κ2) is 8.84. The quantitative estimate of drug-likeness (QED) is 0.439.